The van der Waals surface area contributed by atoms with Crippen LogP contribution in [0.5, 0.6) is 23.0 Å². The molecule has 10 nitrogen and oxygen atoms in total. The molecule has 11 heteroatoms. The molecule has 0 unspecified atom stereocenters. The summed E-state index contributed by atoms with van der Waals surface area (Å²) in [7, 11) is 0. The summed E-state index contributed by atoms with van der Waals surface area (Å²) in [6, 6.07) is 29.3. The van der Waals surface area contributed by atoms with Gasteiger partial charge in [-0.1, -0.05) is 65.8 Å². The molecule has 0 radical (unpaired) electrons. The van der Waals surface area contributed by atoms with Crippen LogP contribution in [0.2, 0.25) is 0 Å². The van der Waals surface area contributed by atoms with Gasteiger partial charge in [-0.25, -0.2) is 4.39 Å². The van der Waals surface area contributed by atoms with E-state index in [4.69, 9.17) is 18.7 Å². The lowest BCUT2D eigenvalue weighted by Crippen LogP contribution is -2.25. The van der Waals surface area contributed by atoms with Crippen LogP contribution in [0.1, 0.15) is 21.6 Å². The number of non-ortho nitro benzene ring substituents is 1. The first-order valence-electron chi connectivity index (χ1n) is 13.2. The van der Waals surface area contributed by atoms with Gasteiger partial charge >= 0.3 is 0 Å². The van der Waals surface area contributed by atoms with Crippen molar-refractivity contribution in [2.45, 2.75) is 13.2 Å². The third-order valence-electron chi connectivity index (χ3n) is 6.17. The van der Waals surface area contributed by atoms with Crippen LogP contribution in [0.15, 0.2) is 108 Å². The Hall–Kier alpha value is -5.71. The van der Waals surface area contributed by atoms with Crippen molar-refractivity contribution in [2.75, 3.05) is 13.2 Å². The first-order valence-corrected chi connectivity index (χ1v) is 13.2. The molecule has 5 rings (SSSR count). The summed E-state index contributed by atoms with van der Waals surface area (Å²) in [4.78, 5) is 23.1. The third kappa shape index (κ3) is 7.53. The second-order valence-corrected chi connectivity index (χ2v) is 9.22. The molecule has 1 heterocycles. The molecule has 0 aliphatic rings. The van der Waals surface area contributed by atoms with Crippen molar-refractivity contribution >= 4 is 11.6 Å². The number of nitrogens with one attached hydrogen (secondary N) is 1. The summed E-state index contributed by atoms with van der Waals surface area (Å²) in [5.41, 5.74) is 1.99. The molecule has 0 saturated carbocycles. The summed E-state index contributed by atoms with van der Waals surface area (Å²) in [5.74, 6) is 0.752. The van der Waals surface area contributed by atoms with Gasteiger partial charge < -0.3 is 24.1 Å². The number of hydrogen-bond acceptors (Lipinski definition) is 8. The van der Waals surface area contributed by atoms with Crippen molar-refractivity contribution in [1.82, 2.24) is 10.5 Å². The molecule has 218 valence electrons. The van der Waals surface area contributed by atoms with Gasteiger partial charge in [0, 0.05) is 36.9 Å². The Balaban J connectivity index is 1.56. The number of nitro groups is 1. The Morgan fingerprint density at radius 2 is 1.47 bits per heavy atom. The first-order chi connectivity index (χ1) is 21.0. The van der Waals surface area contributed by atoms with Crippen molar-refractivity contribution in [3.63, 3.8) is 0 Å². The summed E-state index contributed by atoms with van der Waals surface area (Å²) < 4.78 is 36.7. The highest BCUT2D eigenvalue weighted by Gasteiger charge is 2.23. The SMILES string of the molecule is O=C(NCCF)c1cc(-c2c(OCc3ccccc3)cc(OCc3ccccc3)cc2Oc2ccc([N+](=O)[O-])cc2)on1. The van der Waals surface area contributed by atoms with Crippen LogP contribution >= 0.6 is 0 Å². The largest absolute Gasteiger partial charge is 0.489 e. The van der Waals surface area contributed by atoms with Crippen molar-refractivity contribution in [3.8, 4) is 34.3 Å². The molecule has 0 saturated heterocycles. The number of aromatic nitrogens is 1. The Morgan fingerprint density at radius 1 is 0.837 bits per heavy atom. The molecule has 0 spiro atoms. The number of halogens is 1. The van der Waals surface area contributed by atoms with Crippen LogP contribution < -0.4 is 19.5 Å². The minimum absolute atomic E-state index is 0.0665. The van der Waals surface area contributed by atoms with Crippen molar-refractivity contribution < 1.29 is 32.8 Å². The van der Waals surface area contributed by atoms with E-state index >= 15 is 0 Å². The predicted molar refractivity (Wildman–Crippen MR) is 155 cm³/mol. The molecule has 4 aromatic carbocycles. The third-order valence-corrected chi connectivity index (χ3v) is 6.17. The molecule has 1 amide bonds. The van der Waals surface area contributed by atoms with E-state index in [2.05, 4.69) is 10.5 Å². The van der Waals surface area contributed by atoms with E-state index in [1.54, 1.807) is 12.1 Å². The van der Waals surface area contributed by atoms with Crippen LogP contribution in [0, 0.1) is 10.1 Å². The molecular formula is C32H26FN3O7. The Labute approximate surface area is 245 Å². The fourth-order valence-corrected chi connectivity index (χ4v) is 4.08. The zero-order valence-corrected chi connectivity index (χ0v) is 22.8. The van der Waals surface area contributed by atoms with Crippen LogP contribution in [-0.4, -0.2) is 29.2 Å². The molecular weight excluding hydrogens is 557 g/mol. The highest BCUT2D eigenvalue weighted by Crippen LogP contribution is 2.44. The number of nitrogens with zero attached hydrogens (tertiary/aromatic N) is 2. The average Bonchev–Trinajstić information content (AvgIpc) is 3.53. The Bertz CT molecular complexity index is 1680. The van der Waals surface area contributed by atoms with Crippen molar-refractivity contribution in [2.24, 2.45) is 0 Å². The van der Waals surface area contributed by atoms with Crippen molar-refractivity contribution in [1.29, 1.82) is 0 Å². The predicted octanol–water partition coefficient (Wildman–Crippen LogP) is 6.90. The number of rotatable bonds is 13. The molecule has 1 aromatic heterocycles. The highest BCUT2D eigenvalue weighted by molar-refractivity contribution is 5.93. The Kier molecular flexibility index (Phi) is 9.22. The maximum Gasteiger partial charge on any atom is 0.273 e. The molecule has 0 aliphatic carbocycles. The summed E-state index contributed by atoms with van der Waals surface area (Å²) >= 11 is 0. The first kappa shape index (κ1) is 28.8. The van der Waals surface area contributed by atoms with E-state index in [0.717, 1.165) is 11.1 Å². The van der Waals surface area contributed by atoms with Gasteiger partial charge in [0.25, 0.3) is 11.6 Å². The van der Waals surface area contributed by atoms with E-state index in [1.165, 1.54) is 30.3 Å². The quantitative estimate of drug-likeness (QED) is 0.117. The fraction of sp³-hybridized carbons (Fsp3) is 0.125. The van der Waals surface area contributed by atoms with Crippen LogP contribution in [0.4, 0.5) is 10.1 Å². The summed E-state index contributed by atoms with van der Waals surface area (Å²) in [6.45, 7) is -0.457. The van der Waals surface area contributed by atoms with Gasteiger partial charge in [0.1, 0.15) is 48.4 Å². The van der Waals surface area contributed by atoms with E-state index in [-0.39, 0.29) is 42.6 Å². The topological polar surface area (TPSA) is 126 Å². The monoisotopic (exact) mass is 583 g/mol. The molecule has 43 heavy (non-hydrogen) atoms. The van der Waals surface area contributed by atoms with E-state index in [0.29, 0.717) is 22.8 Å². The lowest BCUT2D eigenvalue weighted by molar-refractivity contribution is -0.384. The molecule has 0 fully saturated rings. The number of carbonyl (C=O) groups excluding carboxylic acids is 1. The molecule has 1 N–H and O–H groups in total. The van der Waals surface area contributed by atoms with Gasteiger partial charge in [0.15, 0.2) is 11.5 Å². The minimum atomic E-state index is -0.731. The van der Waals surface area contributed by atoms with Crippen LogP contribution in [-0.2, 0) is 13.2 Å². The van der Waals surface area contributed by atoms with E-state index < -0.39 is 17.5 Å². The fourth-order valence-electron chi connectivity index (χ4n) is 4.08. The maximum atomic E-state index is 12.6. The zero-order chi connectivity index (χ0) is 30.0. The smallest absolute Gasteiger partial charge is 0.273 e. The number of ether oxygens (including phenoxy) is 3. The summed E-state index contributed by atoms with van der Waals surface area (Å²) in [6.07, 6.45) is 0. The number of hydrogen-bond donors (Lipinski definition) is 1. The van der Waals surface area contributed by atoms with Crippen molar-refractivity contribution in [3.05, 3.63) is 130 Å². The van der Waals surface area contributed by atoms with Crippen LogP contribution in [0.3, 0.4) is 0 Å². The molecule has 0 aliphatic heterocycles. The number of amides is 1. The number of benzene rings is 4. The maximum absolute atomic E-state index is 12.6. The number of nitro benzene ring substituents is 1. The molecule has 0 bridgehead atoms. The van der Waals surface area contributed by atoms with Crippen LogP contribution in [0.25, 0.3) is 11.3 Å². The molecule has 0 atom stereocenters. The van der Waals surface area contributed by atoms with Gasteiger partial charge in [-0.2, -0.15) is 0 Å². The second-order valence-electron chi connectivity index (χ2n) is 9.22. The standard InChI is InChI=1S/C32H26FN3O7/c33-15-16-34-32(37)27-19-30(43-35-27)31-28(41-21-23-9-5-2-6-10-23)17-26(40-20-22-7-3-1-4-8-22)18-29(31)42-25-13-11-24(12-14-25)36(38)39/h1-14,17-19H,15-16,20-21H2,(H,34,37). The van der Waals surface area contributed by atoms with Gasteiger partial charge in [-0.15, -0.1) is 0 Å². The lowest BCUT2D eigenvalue weighted by atomic mass is 10.1. The lowest BCUT2D eigenvalue weighted by Gasteiger charge is -2.17. The average molecular weight is 584 g/mol. The normalized spacial score (nSPS) is 10.6. The highest BCUT2D eigenvalue weighted by atomic mass is 19.1. The Morgan fingerprint density at radius 3 is 2.09 bits per heavy atom. The number of alkyl halides is 1. The van der Waals surface area contributed by atoms with Gasteiger partial charge in [-0.3, -0.25) is 14.9 Å². The van der Waals surface area contributed by atoms with E-state index in [1.807, 2.05) is 60.7 Å². The van der Waals surface area contributed by atoms with Gasteiger partial charge in [0.2, 0.25) is 0 Å². The van der Waals surface area contributed by atoms with Gasteiger partial charge in [-0.05, 0) is 23.3 Å². The summed E-state index contributed by atoms with van der Waals surface area (Å²) in [5, 5.41) is 17.4. The minimum Gasteiger partial charge on any atom is -0.489 e. The van der Waals surface area contributed by atoms with Gasteiger partial charge in [0.05, 0.1) is 4.92 Å². The van der Waals surface area contributed by atoms with E-state index in [9.17, 15) is 19.3 Å². The molecule has 5 aromatic rings. The number of carbonyl (C=O) groups is 1. The zero-order valence-electron chi connectivity index (χ0n) is 22.8. The second kappa shape index (κ2) is 13.8.